The molecular weight excluding hydrogens is 405 g/mol. The molecule has 2 aliphatic rings. The van der Waals surface area contributed by atoms with E-state index in [1.54, 1.807) is 12.1 Å². The number of aliphatic hydroxyl groups is 1. The monoisotopic (exact) mass is 433 g/mol. The molecule has 0 saturated carbocycles. The average molecular weight is 434 g/mol. The number of hydrogen-bond acceptors (Lipinski definition) is 6. The highest BCUT2D eigenvalue weighted by Crippen LogP contribution is 2.27. The van der Waals surface area contributed by atoms with E-state index in [0.29, 0.717) is 17.9 Å². The molecule has 1 fully saturated rings. The number of nitrogens with one attached hydrogen (secondary N) is 1. The Hall–Kier alpha value is -3.03. The lowest BCUT2D eigenvalue weighted by molar-refractivity contribution is 0.0394. The van der Waals surface area contributed by atoms with Crippen molar-refractivity contribution in [2.75, 3.05) is 29.9 Å². The third kappa shape index (κ3) is 4.59. The van der Waals surface area contributed by atoms with E-state index in [1.807, 2.05) is 6.07 Å². The zero-order valence-electron chi connectivity index (χ0n) is 18.0. The second kappa shape index (κ2) is 9.22. The molecule has 0 spiro atoms. The Bertz CT molecular complexity index is 1080. The van der Waals surface area contributed by atoms with Crippen molar-refractivity contribution < 1.29 is 9.50 Å². The molecule has 166 valence electrons. The molecule has 1 aromatic heterocycles. The summed E-state index contributed by atoms with van der Waals surface area (Å²) in [4.78, 5) is 13.4. The number of nitrogens with zero attached hydrogens (tertiary/aromatic N) is 4. The van der Waals surface area contributed by atoms with Crippen LogP contribution in [-0.2, 0) is 13.0 Å². The molecule has 3 heterocycles. The topological polar surface area (TPSA) is 64.5 Å². The van der Waals surface area contributed by atoms with Crippen molar-refractivity contribution in [3.8, 4) is 0 Å². The standard InChI is InChI=1S/C25H28FN5O/c26-20-6-3-7-21(14-20)29-24-15-25(28-17-27-24)30-12-9-22(23(32)10-13-30)31-11-8-18-4-1-2-5-19(18)16-31/h1-7,14-15,17,22-23,32H,8-13,16H2,(H,27,28,29)/t22-,23-/m1/s1. The lowest BCUT2D eigenvalue weighted by atomic mass is 9.96. The third-order valence-corrected chi connectivity index (χ3v) is 6.54. The largest absolute Gasteiger partial charge is 0.391 e. The first-order valence-corrected chi connectivity index (χ1v) is 11.2. The van der Waals surface area contributed by atoms with Crippen molar-refractivity contribution in [2.45, 2.75) is 38.0 Å². The van der Waals surface area contributed by atoms with Crippen LogP contribution in [0.25, 0.3) is 0 Å². The molecule has 32 heavy (non-hydrogen) atoms. The Morgan fingerprint density at radius 2 is 1.78 bits per heavy atom. The smallest absolute Gasteiger partial charge is 0.135 e. The summed E-state index contributed by atoms with van der Waals surface area (Å²) in [6.45, 7) is 3.43. The van der Waals surface area contributed by atoms with Gasteiger partial charge in [-0.25, -0.2) is 14.4 Å². The molecule has 2 aromatic carbocycles. The molecule has 2 aliphatic heterocycles. The number of rotatable bonds is 4. The summed E-state index contributed by atoms with van der Waals surface area (Å²) in [6.07, 6.45) is 3.76. The van der Waals surface area contributed by atoms with Crippen LogP contribution in [0.5, 0.6) is 0 Å². The Morgan fingerprint density at radius 3 is 2.66 bits per heavy atom. The zero-order chi connectivity index (χ0) is 21.9. The highest BCUT2D eigenvalue weighted by atomic mass is 19.1. The van der Waals surface area contributed by atoms with Crippen LogP contribution in [0.1, 0.15) is 24.0 Å². The van der Waals surface area contributed by atoms with Crippen LogP contribution in [0.15, 0.2) is 60.9 Å². The van der Waals surface area contributed by atoms with Crippen LogP contribution in [0, 0.1) is 5.82 Å². The fourth-order valence-corrected chi connectivity index (χ4v) is 4.83. The van der Waals surface area contributed by atoms with Crippen LogP contribution >= 0.6 is 0 Å². The maximum atomic E-state index is 13.5. The Morgan fingerprint density at radius 1 is 0.938 bits per heavy atom. The Labute approximate surface area is 187 Å². The first kappa shape index (κ1) is 20.8. The lowest BCUT2D eigenvalue weighted by Gasteiger charge is -2.37. The van der Waals surface area contributed by atoms with Gasteiger partial charge in [-0.2, -0.15) is 0 Å². The van der Waals surface area contributed by atoms with Gasteiger partial charge in [0.25, 0.3) is 0 Å². The number of aromatic nitrogens is 2. The van der Waals surface area contributed by atoms with Crippen molar-refractivity contribution in [3.63, 3.8) is 0 Å². The molecule has 0 amide bonds. The van der Waals surface area contributed by atoms with Gasteiger partial charge in [0.05, 0.1) is 6.10 Å². The quantitative estimate of drug-likeness (QED) is 0.654. The summed E-state index contributed by atoms with van der Waals surface area (Å²) in [6, 6.07) is 16.9. The molecule has 0 radical (unpaired) electrons. The van der Waals surface area contributed by atoms with E-state index >= 15 is 0 Å². The van der Waals surface area contributed by atoms with E-state index in [-0.39, 0.29) is 18.0 Å². The molecule has 6 nitrogen and oxygen atoms in total. The summed E-state index contributed by atoms with van der Waals surface area (Å²) in [5.41, 5.74) is 3.44. The minimum absolute atomic E-state index is 0.139. The third-order valence-electron chi connectivity index (χ3n) is 6.54. The highest BCUT2D eigenvalue weighted by molar-refractivity contribution is 5.59. The zero-order valence-corrected chi connectivity index (χ0v) is 18.0. The SMILES string of the molecule is O[C@@H]1CCN(c2cc(Nc3cccc(F)c3)ncn2)CC[C@H]1N1CCc2ccccc2C1. The van der Waals surface area contributed by atoms with Gasteiger partial charge in [-0.1, -0.05) is 30.3 Å². The lowest BCUT2D eigenvalue weighted by Crippen LogP contribution is -2.46. The minimum Gasteiger partial charge on any atom is -0.391 e. The molecule has 3 aromatic rings. The van der Waals surface area contributed by atoms with Gasteiger partial charge >= 0.3 is 0 Å². The summed E-state index contributed by atoms with van der Waals surface area (Å²) >= 11 is 0. The normalized spacial score (nSPS) is 21.6. The van der Waals surface area contributed by atoms with Crippen molar-refractivity contribution in [1.82, 2.24) is 14.9 Å². The Balaban J connectivity index is 1.27. The van der Waals surface area contributed by atoms with Crippen molar-refractivity contribution in [3.05, 3.63) is 77.9 Å². The molecule has 2 N–H and O–H groups in total. The van der Waals surface area contributed by atoms with E-state index in [0.717, 1.165) is 44.8 Å². The first-order valence-electron chi connectivity index (χ1n) is 11.2. The number of halogens is 1. The fraction of sp³-hybridized carbons (Fsp3) is 0.360. The number of benzene rings is 2. The number of anilines is 3. The van der Waals surface area contributed by atoms with Gasteiger partial charge in [0.15, 0.2) is 0 Å². The van der Waals surface area contributed by atoms with E-state index in [9.17, 15) is 9.50 Å². The molecule has 0 aliphatic carbocycles. The fourth-order valence-electron chi connectivity index (χ4n) is 4.83. The summed E-state index contributed by atoms with van der Waals surface area (Å²) < 4.78 is 13.5. The first-order chi connectivity index (χ1) is 15.7. The van der Waals surface area contributed by atoms with Crippen molar-refractivity contribution in [2.24, 2.45) is 0 Å². The maximum absolute atomic E-state index is 13.5. The van der Waals surface area contributed by atoms with Crippen LogP contribution in [0.4, 0.5) is 21.7 Å². The van der Waals surface area contributed by atoms with Gasteiger partial charge in [-0.05, 0) is 48.6 Å². The van der Waals surface area contributed by atoms with Crippen LogP contribution in [0.2, 0.25) is 0 Å². The van der Waals surface area contributed by atoms with Gasteiger partial charge in [0.2, 0.25) is 0 Å². The molecule has 5 rings (SSSR count). The molecule has 2 atom stereocenters. The minimum atomic E-state index is -0.364. The summed E-state index contributed by atoms with van der Waals surface area (Å²) in [5.74, 6) is 1.14. The average Bonchev–Trinajstić information content (AvgIpc) is 3.00. The van der Waals surface area contributed by atoms with Crippen LogP contribution in [0.3, 0.4) is 0 Å². The van der Waals surface area contributed by atoms with E-state index in [2.05, 4.69) is 49.4 Å². The van der Waals surface area contributed by atoms with E-state index in [1.165, 1.54) is 29.6 Å². The maximum Gasteiger partial charge on any atom is 0.135 e. The van der Waals surface area contributed by atoms with Gasteiger partial charge < -0.3 is 15.3 Å². The second-order valence-corrected chi connectivity index (χ2v) is 8.59. The van der Waals surface area contributed by atoms with Gasteiger partial charge in [0.1, 0.15) is 23.8 Å². The van der Waals surface area contributed by atoms with Gasteiger partial charge in [-0.15, -0.1) is 0 Å². The predicted octanol–water partition coefficient (Wildman–Crippen LogP) is 3.75. The van der Waals surface area contributed by atoms with Crippen molar-refractivity contribution >= 4 is 17.3 Å². The second-order valence-electron chi connectivity index (χ2n) is 8.59. The van der Waals surface area contributed by atoms with Gasteiger partial charge in [-0.3, -0.25) is 4.90 Å². The van der Waals surface area contributed by atoms with E-state index < -0.39 is 0 Å². The predicted molar refractivity (Wildman–Crippen MR) is 124 cm³/mol. The van der Waals surface area contributed by atoms with Gasteiger partial charge in [0, 0.05) is 44.0 Å². The molecule has 0 bridgehead atoms. The number of hydrogen-bond donors (Lipinski definition) is 2. The summed E-state index contributed by atoms with van der Waals surface area (Å²) in [5, 5.41) is 14.1. The molecule has 7 heteroatoms. The Kier molecular flexibility index (Phi) is 6.01. The highest BCUT2D eigenvalue weighted by Gasteiger charge is 2.32. The molecule has 0 unspecified atom stereocenters. The number of aliphatic hydroxyl groups excluding tert-OH is 1. The van der Waals surface area contributed by atoms with Crippen LogP contribution in [-0.4, -0.2) is 51.8 Å². The molecular formula is C25H28FN5O. The molecule has 1 saturated heterocycles. The van der Waals surface area contributed by atoms with Crippen molar-refractivity contribution in [1.29, 1.82) is 0 Å². The summed E-state index contributed by atoms with van der Waals surface area (Å²) in [7, 11) is 0. The van der Waals surface area contributed by atoms with Crippen LogP contribution < -0.4 is 10.2 Å². The number of fused-ring (bicyclic) bond motifs is 1. The van der Waals surface area contributed by atoms with E-state index in [4.69, 9.17) is 0 Å².